The fourth-order valence-electron chi connectivity index (χ4n) is 1.96. The second-order valence-corrected chi connectivity index (χ2v) is 8.39. The molecule has 1 N–H and O–H groups in total. The van der Waals surface area contributed by atoms with E-state index in [4.69, 9.17) is 0 Å². The van der Waals surface area contributed by atoms with Crippen molar-refractivity contribution in [3.05, 3.63) is 38.2 Å². The van der Waals surface area contributed by atoms with Crippen LogP contribution >= 0.6 is 22.7 Å². The normalized spacial score (nSPS) is 13.5. The number of aryl methyl sites for hydroxylation is 1. The summed E-state index contributed by atoms with van der Waals surface area (Å²) in [5.41, 5.74) is 0.461. The summed E-state index contributed by atoms with van der Waals surface area (Å²) in [4.78, 5) is 11.9. The minimum absolute atomic E-state index is 0.106. The van der Waals surface area contributed by atoms with Crippen molar-refractivity contribution in [2.24, 2.45) is 0 Å². The first-order valence-electron chi connectivity index (χ1n) is 6.09. The number of nitrogens with zero attached hydrogens (tertiary/aromatic N) is 1. The van der Waals surface area contributed by atoms with Gasteiger partial charge in [0.1, 0.15) is 9.77 Å². The van der Waals surface area contributed by atoms with Crippen LogP contribution in [0, 0.1) is 6.92 Å². The van der Waals surface area contributed by atoms with Crippen LogP contribution < -0.4 is 0 Å². The summed E-state index contributed by atoms with van der Waals surface area (Å²) in [5, 5.41) is 12.6. The highest BCUT2D eigenvalue weighted by molar-refractivity contribution is 7.89. The lowest BCUT2D eigenvalue weighted by molar-refractivity contribution is 0.0698. The third kappa shape index (κ3) is 2.89. The van der Waals surface area contributed by atoms with E-state index in [0.717, 1.165) is 16.2 Å². The van der Waals surface area contributed by atoms with Crippen molar-refractivity contribution in [2.45, 2.75) is 24.8 Å². The highest BCUT2D eigenvalue weighted by Crippen LogP contribution is 2.33. The molecule has 0 aromatic carbocycles. The van der Waals surface area contributed by atoms with Gasteiger partial charge < -0.3 is 5.11 Å². The number of carboxylic acid groups (broad SMARTS) is 1. The van der Waals surface area contributed by atoms with Gasteiger partial charge in [0.25, 0.3) is 0 Å². The third-order valence-electron chi connectivity index (χ3n) is 3.25. The number of thiophene rings is 2. The first kappa shape index (κ1) is 16.2. The van der Waals surface area contributed by atoms with E-state index in [1.54, 1.807) is 19.2 Å². The zero-order valence-electron chi connectivity index (χ0n) is 11.7. The number of carboxylic acids is 1. The van der Waals surface area contributed by atoms with Gasteiger partial charge >= 0.3 is 5.97 Å². The van der Waals surface area contributed by atoms with Crippen LogP contribution in [-0.4, -0.2) is 30.8 Å². The highest BCUT2D eigenvalue weighted by Gasteiger charge is 2.33. The summed E-state index contributed by atoms with van der Waals surface area (Å²) in [6.45, 7) is 3.39. The molecule has 5 nitrogen and oxygen atoms in total. The molecule has 2 aromatic rings. The largest absolute Gasteiger partial charge is 0.477 e. The topological polar surface area (TPSA) is 74.7 Å². The lowest BCUT2D eigenvalue weighted by Crippen LogP contribution is -2.30. The van der Waals surface area contributed by atoms with Gasteiger partial charge in [-0.3, -0.25) is 0 Å². The lowest BCUT2D eigenvalue weighted by Gasteiger charge is -2.23. The minimum Gasteiger partial charge on any atom is -0.477 e. The Labute approximate surface area is 131 Å². The maximum atomic E-state index is 12.7. The smallest absolute Gasteiger partial charge is 0.347 e. The quantitative estimate of drug-likeness (QED) is 0.903. The first-order chi connectivity index (χ1) is 9.76. The van der Waals surface area contributed by atoms with Crippen molar-refractivity contribution in [3.8, 4) is 0 Å². The maximum Gasteiger partial charge on any atom is 0.347 e. The lowest BCUT2D eigenvalue weighted by atomic mass is 10.3. The molecule has 0 fully saturated rings. The van der Waals surface area contributed by atoms with E-state index < -0.39 is 16.0 Å². The Hall–Kier alpha value is -1.22. The van der Waals surface area contributed by atoms with Crippen LogP contribution in [-0.2, 0) is 10.0 Å². The van der Waals surface area contributed by atoms with Crippen molar-refractivity contribution >= 4 is 38.7 Å². The van der Waals surface area contributed by atoms with Crippen molar-refractivity contribution < 1.29 is 18.3 Å². The Kier molecular flexibility index (Phi) is 4.52. The average Bonchev–Trinajstić information content (AvgIpc) is 3.05. The van der Waals surface area contributed by atoms with Gasteiger partial charge in [0, 0.05) is 11.9 Å². The van der Waals surface area contributed by atoms with E-state index in [1.165, 1.54) is 22.7 Å². The zero-order chi connectivity index (χ0) is 15.8. The molecule has 0 aliphatic carbocycles. The van der Waals surface area contributed by atoms with Gasteiger partial charge in [-0.15, -0.1) is 22.7 Å². The fourth-order valence-corrected chi connectivity index (χ4v) is 5.78. The number of hydrogen-bond donors (Lipinski definition) is 1. The molecule has 0 amide bonds. The predicted molar refractivity (Wildman–Crippen MR) is 83.7 cm³/mol. The molecule has 114 valence electrons. The molecule has 2 rings (SSSR count). The first-order valence-corrected chi connectivity index (χ1v) is 9.29. The molecule has 0 aliphatic heterocycles. The maximum absolute atomic E-state index is 12.7. The van der Waals surface area contributed by atoms with Crippen LogP contribution in [0.1, 0.15) is 33.1 Å². The van der Waals surface area contributed by atoms with Gasteiger partial charge in [-0.1, -0.05) is 6.07 Å². The minimum atomic E-state index is -3.86. The van der Waals surface area contributed by atoms with Crippen LogP contribution in [0.3, 0.4) is 0 Å². The van der Waals surface area contributed by atoms with Crippen LogP contribution in [0.2, 0.25) is 0 Å². The summed E-state index contributed by atoms with van der Waals surface area (Å²) >= 11 is 2.40. The van der Waals surface area contributed by atoms with E-state index in [0.29, 0.717) is 5.56 Å². The van der Waals surface area contributed by atoms with Crippen LogP contribution in [0.25, 0.3) is 0 Å². The van der Waals surface area contributed by atoms with E-state index in [1.807, 2.05) is 17.5 Å². The Morgan fingerprint density at radius 3 is 2.57 bits per heavy atom. The molecular formula is C13H15NO4S3. The highest BCUT2D eigenvalue weighted by atomic mass is 32.2. The molecule has 0 bridgehead atoms. The number of hydrogen-bond acceptors (Lipinski definition) is 5. The van der Waals surface area contributed by atoms with E-state index >= 15 is 0 Å². The average molecular weight is 345 g/mol. The second-order valence-electron chi connectivity index (χ2n) is 4.59. The van der Waals surface area contributed by atoms with Gasteiger partial charge in [-0.2, -0.15) is 4.31 Å². The molecule has 0 radical (unpaired) electrons. The molecule has 8 heteroatoms. The SMILES string of the molecule is Cc1csc(C(=O)O)c1S(=O)(=O)N(C)C(C)c1cccs1. The van der Waals surface area contributed by atoms with E-state index in [9.17, 15) is 18.3 Å². The van der Waals surface area contributed by atoms with Gasteiger partial charge in [0.15, 0.2) is 0 Å². The molecule has 0 saturated heterocycles. The van der Waals surface area contributed by atoms with Crippen molar-refractivity contribution in [2.75, 3.05) is 7.05 Å². The van der Waals surface area contributed by atoms with Gasteiger partial charge in [0.05, 0.1) is 6.04 Å². The summed E-state index contributed by atoms with van der Waals surface area (Å²) in [5.74, 6) is -1.22. The Bertz CT molecular complexity index is 746. The van der Waals surface area contributed by atoms with Crippen molar-refractivity contribution in [1.29, 1.82) is 0 Å². The zero-order valence-corrected chi connectivity index (χ0v) is 14.2. The van der Waals surface area contributed by atoms with Crippen LogP contribution in [0.15, 0.2) is 27.8 Å². The molecule has 0 aliphatic rings. The molecule has 2 aromatic heterocycles. The van der Waals surface area contributed by atoms with Crippen molar-refractivity contribution in [3.63, 3.8) is 0 Å². The molecule has 2 heterocycles. The Morgan fingerprint density at radius 1 is 1.38 bits per heavy atom. The van der Waals surface area contributed by atoms with Gasteiger partial charge in [-0.05, 0) is 36.2 Å². The fraction of sp³-hybridized carbons (Fsp3) is 0.308. The Balaban J connectivity index is 2.47. The number of aromatic carboxylic acids is 1. The summed E-state index contributed by atoms with van der Waals surface area (Å²) in [6.07, 6.45) is 0. The molecule has 21 heavy (non-hydrogen) atoms. The predicted octanol–water partition coefficient (Wildman–Crippen LogP) is 3.20. The molecule has 0 spiro atoms. The van der Waals surface area contributed by atoms with E-state index in [2.05, 4.69) is 0 Å². The second kappa shape index (κ2) is 5.88. The number of sulfonamides is 1. The number of carbonyl (C=O) groups is 1. The van der Waals surface area contributed by atoms with Crippen LogP contribution in [0.5, 0.6) is 0 Å². The third-order valence-corrected chi connectivity index (χ3v) is 7.62. The molecule has 1 unspecified atom stereocenters. The van der Waals surface area contributed by atoms with Gasteiger partial charge in [-0.25, -0.2) is 13.2 Å². The van der Waals surface area contributed by atoms with Crippen molar-refractivity contribution in [1.82, 2.24) is 4.31 Å². The summed E-state index contributed by atoms with van der Waals surface area (Å²) < 4.78 is 26.7. The van der Waals surface area contributed by atoms with E-state index in [-0.39, 0.29) is 15.8 Å². The number of rotatable bonds is 5. The van der Waals surface area contributed by atoms with Crippen LogP contribution in [0.4, 0.5) is 0 Å². The summed E-state index contributed by atoms with van der Waals surface area (Å²) in [6, 6.07) is 3.37. The Morgan fingerprint density at radius 2 is 2.05 bits per heavy atom. The molecule has 0 saturated carbocycles. The molecule has 1 atom stereocenters. The monoisotopic (exact) mass is 345 g/mol. The van der Waals surface area contributed by atoms with Gasteiger partial charge in [0.2, 0.25) is 10.0 Å². The molecular weight excluding hydrogens is 330 g/mol. The standard InChI is InChI=1S/C13H15NO4S3/c1-8-7-20-11(13(15)16)12(8)21(17,18)14(3)9(2)10-5-4-6-19-10/h4-7,9H,1-3H3,(H,15,16). The summed E-state index contributed by atoms with van der Waals surface area (Å²) in [7, 11) is -2.38.